The quantitative estimate of drug-likeness (QED) is 0.0415. The van der Waals surface area contributed by atoms with E-state index in [-0.39, 0.29) is 54.1 Å². The lowest BCUT2D eigenvalue weighted by Gasteiger charge is -2.32. The Bertz CT molecular complexity index is 2220. The lowest BCUT2D eigenvalue weighted by Crippen LogP contribution is -2.35. The van der Waals surface area contributed by atoms with Gasteiger partial charge in [-0.3, -0.25) is 9.36 Å². The summed E-state index contributed by atoms with van der Waals surface area (Å²) in [6.45, 7) is 21.0. The second kappa shape index (κ2) is 24.5. The van der Waals surface area contributed by atoms with Crippen molar-refractivity contribution < 1.29 is 30.5 Å². The number of unbranched alkanes of at least 4 members (excludes halogenated alkanes) is 4. The maximum absolute atomic E-state index is 11.5. The van der Waals surface area contributed by atoms with Gasteiger partial charge in [-0.15, -0.1) is 0 Å². The highest BCUT2D eigenvalue weighted by Crippen LogP contribution is 2.51. The van der Waals surface area contributed by atoms with Gasteiger partial charge < -0.3 is 30.5 Å². The first kappa shape index (κ1) is 52.8. The Labute approximate surface area is 386 Å². The first-order chi connectivity index (χ1) is 29.4. The second-order valence-electron chi connectivity index (χ2n) is 17.4. The van der Waals surface area contributed by atoms with E-state index in [0.29, 0.717) is 16.7 Å². The molecule has 0 unspecified atom stereocenters. The van der Waals surface area contributed by atoms with E-state index in [1.807, 2.05) is 39.1 Å². The van der Waals surface area contributed by atoms with Gasteiger partial charge in [0.2, 0.25) is 0 Å². The highest BCUT2D eigenvalue weighted by Gasteiger charge is 2.33. The number of phenolic OH excluding ortho intramolecular Hbond substituents is 4. The summed E-state index contributed by atoms with van der Waals surface area (Å²) in [4.78, 5) is 0. The van der Waals surface area contributed by atoms with Crippen LogP contribution in [0.3, 0.4) is 0 Å². The van der Waals surface area contributed by atoms with E-state index in [4.69, 9.17) is 10.0 Å². The molecule has 0 fully saturated rings. The number of nitrogens with zero attached hydrogens (tertiary/aromatic N) is 4. The molecule has 344 valence electrons. The van der Waals surface area contributed by atoms with Gasteiger partial charge in [0.05, 0.1) is 15.8 Å². The van der Waals surface area contributed by atoms with E-state index in [0.717, 1.165) is 115 Å². The Morgan fingerprint density at radius 3 is 1.60 bits per heavy atom. The number of aromatic hydroxyl groups is 4. The molecule has 12 heteroatoms. The molecule has 0 saturated carbocycles. The maximum atomic E-state index is 11.5. The zero-order valence-electron chi connectivity index (χ0n) is 38.3. The van der Waals surface area contributed by atoms with Gasteiger partial charge in [0.25, 0.3) is 0 Å². The van der Waals surface area contributed by atoms with Gasteiger partial charge in [-0.1, -0.05) is 94.6 Å². The van der Waals surface area contributed by atoms with E-state index >= 15 is 0 Å². The van der Waals surface area contributed by atoms with Crippen LogP contribution in [0.1, 0.15) is 147 Å². The molecule has 6 rings (SSSR count). The van der Waals surface area contributed by atoms with Crippen molar-refractivity contribution in [2.75, 3.05) is 0 Å². The molecule has 10 nitrogen and oxygen atoms in total. The number of allylic oxidation sites excluding steroid dienone is 6. The van der Waals surface area contributed by atoms with Crippen molar-refractivity contribution in [3.8, 4) is 34.3 Å². The monoisotopic (exact) mass is 928 g/mol. The number of aromatic nitrogens is 4. The average molecular weight is 930 g/mol. The summed E-state index contributed by atoms with van der Waals surface area (Å²) in [5.41, 5.74) is 10.1. The molecule has 2 heterocycles. The van der Waals surface area contributed by atoms with Crippen LogP contribution in [0.5, 0.6) is 23.0 Å². The third kappa shape index (κ3) is 13.3. The minimum Gasteiger partial charge on any atom is -0.507 e. The summed E-state index contributed by atoms with van der Waals surface area (Å²) in [7, 11) is 2.12. The number of phenols is 4. The van der Waals surface area contributed by atoms with Crippen LogP contribution in [-0.2, 0) is 26.9 Å². The fraction of sp³-hybridized carbons (Fsp3) is 0.490. The predicted molar refractivity (Wildman–Crippen MR) is 264 cm³/mol. The number of hydrogen-bond donors (Lipinski definition) is 6. The number of benzene rings is 2. The van der Waals surface area contributed by atoms with Crippen LogP contribution >= 0.6 is 15.9 Å². The minimum atomic E-state index is -1.42. The topological polar surface area (TPSA) is 157 Å². The summed E-state index contributed by atoms with van der Waals surface area (Å²) in [6.07, 6.45) is 20.0. The summed E-state index contributed by atoms with van der Waals surface area (Å²) in [6, 6.07) is 7.16. The summed E-state index contributed by atoms with van der Waals surface area (Å²) < 4.78 is 3.92. The summed E-state index contributed by atoms with van der Waals surface area (Å²) in [5.74, 6) is 1.12. The molecule has 2 aromatic carbocycles. The molecule has 0 bridgehead atoms. The summed E-state index contributed by atoms with van der Waals surface area (Å²) >= 11 is 3.55. The number of halogens is 1. The number of aryl methyl sites for hydroxylation is 4. The molecule has 0 radical (unpaired) electrons. The van der Waals surface area contributed by atoms with Gasteiger partial charge in [-0.25, -0.2) is 0 Å². The molecule has 0 aliphatic heterocycles. The largest absolute Gasteiger partial charge is 0.507 e. The maximum Gasteiger partial charge on any atom is 0.507 e. The fourth-order valence-corrected chi connectivity index (χ4v) is 9.47. The Hall–Kier alpha value is -4.52. The van der Waals surface area contributed by atoms with Crippen LogP contribution in [0.2, 0.25) is 0 Å². The number of hydrogen-bond acceptors (Lipinski definition) is 8. The molecule has 2 aliphatic carbocycles. The van der Waals surface area contributed by atoms with Gasteiger partial charge >= 0.3 is 7.12 Å². The zero-order valence-corrected chi connectivity index (χ0v) is 39.8. The Morgan fingerprint density at radius 1 is 0.730 bits per heavy atom. The van der Waals surface area contributed by atoms with Crippen LogP contribution in [-0.4, -0.2) is 57.2 Å². The molecule has 6 N–H and O–H groups in total. The molecular weight excluding hydrogens is 855 g/mol. The molecule has 2 aliphatic rings. The number of rotatable bonds is 14. The van der Waals surface area contributed by atoms with Gasteiger partial charge in [-0.2, -0.15) is 10.2 Å². The molecule has 63 heavy (non-hydrogen) atoms. The molecule has 4 aromatic rings. The molecule has 0 amide bonds. The molecular formula is C51H74BBrN4O6. The normalized spacial score (nSPS) is 18.1. The first-order valence-electron chi connectivity index (χ1n) is 22.2. The Balaban J connectivity index is 0.000000279. The van der Waals surface area contributed by atoms with Gasteiger partial charge in [0.15, 0.2) is 0 Å². The second-order valence-corrected chi connectivity index (χ2v) is 18.2. The first-order valence-corrected chi connectivity index (χ1v) is 23.0. The van der Waals surface area contributed by atoms with Crippen LogP contribution in [0, 0.1) is 11.8 Å². The summed E-state index contributed by atoms with van der Waals surface area (Å²) in [5, 5.41) is 69.2. The molecule has 0 spiro atoms. The predicted octanol–water partition coefficient (Wildman–Crippen LogP) is 11.6. The third-order valence-electron chi connectivity index (χ3n) is 12.5. The van der Waals surface area contributed by atoms with E-state index in [1.54, 1.807) is 24.0 Å². The van der Waals surface area contributed by atoms with Crippen molar-refractivity contribution in [3.05, 3.63) is 111 Å². The highest BCUT2D eigenvalue weighted by molar-refractivity contribution is 9.10. The van der Waals surface area contributed by atoms with Crippen LogP contribution in [0.25, 0.3) is 11.3 Å². The van der Waals surface area contributed by atoms with E-state index < -0.39 is 7.12 Å². The van der Waals surface area contributed by atoms with Crippen LogP contribution in [0.4, 0.5) is 0 Å². The molecule has 4 atom stereocenters. The van der Waals surface area contributed by atoms with Crippen molar-refractivity contribution >= 4 is 28.6 Å². The van der Waals surface area contributed by atoms with Crippen LogP contribution < -0.4 is 5.59 Å². The third-order valence-corrected chi connectivity index (χ3v) is 13.3. The van der Waals surface area contributed by atoms with Crippen molar-refractivity contribution in [3.63, 3.8) is 0 Å². The Morgan fingerprint density at radius 2 is 1.19 bits per heavy atom. The van der Waals surface area contributed by atoms with E-state index in [2.05, 4.69) is 79.1 Å². The van der Waals surface area contributed by atoms with Crippen molar-refractivity contribution in [1.82, 2.24) is 19.6 Å². The zero-order chi connectivity index (χ0) is 45.8. The van der Waals surface area contributed by atoms with Crippen molar-refractivity contribution in [1.29, 1.82) is 0 Å². The van der Waals surface area contributed by atoms with E-state index in [1.165, 1.54) is 22.0 Å². The minimum absolute atomic E-state index is 0. The smallest absolute Gasteiger partial charge is 0.507 e. The highest BCUT2D eigenvalue weighted by atomic mass is 79.9. The lowest BCUT2D eigenvalue weighted by molar-refractivity contribution is 0.404. The van der Waals surface area contributed by atoms with Gasteiger partial charge in [0, 0.05) is 55.0 Å². The Kier molecular flexibility index (Phi) is 20.6. The van der Waals surface area contributed by atoms with E-state index in [9.17, 15) is 20.4 Å². The standard InChI is InChI=1S/C25H34N2O2.C21H29BrO2.C4H7BN2O2.CH4/c1-6-7-8-9-18-15-22(28)24(20-14-17(4)10-11-19(20)16(2)3)25(29)23(18)21-12-13-26-27(21)5;1-5-6-7-8-15-12-18(23)19(21(24)20(15)22)17-11-14(4)9-10-16(17)13(2)3;1-7-4(5(8)9)2-3-6-7;/h12-15,19-20,28-29H,2,6-11H2,1,3-5H3;11-12,16-17,23-24H,2,5-10H2,1,3-4H3;2-3,8-9H,1H3;1H4/t19-,20+;16-,17+;;/m00../s1. The molecule has 0 saturated heterocycles. The lowest BCUT2D eigenvalue weighted by atomic mass is 9.73. The van der Waals surface area contributed by atoms with Gasteiger partial charge in [0.1, 0.15) is 23.0 Å². The van der Waals surface area contributed by atoms with Crippen molar-refractivity contribution in [2.24, 2.45) is 25.9 Å². The van der Waals surface area contributed by atoms with Crippen LogP contribution in [0.15, 0.2) is 88.7 Å². The van der Waals surface area contributed by atoms with Crippen molar-refractivity contribution in [2.45, 2.75) is 138 Å². The average Bonchev–Trinajstić information content (AvgIpc) is 3.84. The fourth-order valence-electron chi connectivity index (χ4n) is 8.94. The SMILES string of the molecule is C.C=C(C)[C@@H]1CCC(C)=C[C@H]1c1c(O)cc(CCCCC)c(-c2ccnn2C)c1O.C=C(C)[C@@H]1CCC(C)=C[C@H]1c1c(O)cc(CCCCC)c(Br)c1O.Cn1nccc1B(O)O. The molecule has 2 aromatic heterocycles. The van der Waals surface area contributed by atoms with Gasteiger partial charge in [-0.05, 0) is 142 Å².